The molecule has 1 N–H and O–H groups in total. The largest absolute Gasteiger partial charge is 0.494 e. The second-order valence-electron chi connectivity index (χ2n) is 15.2. The average molecular weight is 661 g/mol. The van der Waals surface area contributed by atoms with E-state index in [4.69, 9.17) is 23.8 Å². The molecule has 3 heterocycles. The van der Waals surface area contributed by atoms with Gasteiger partial charge in [0.05, 0.1) is 22.2 Å². The molecule has 0 bridgehead atoms. The number of nitrogens with one attached hydrogen (secondary N) is 1. The predicted octanol–water partition coefficient (Wildman–Crippen LogP) is 5.60. The van der Waals surface area contributed by atoms with E-state index in [2.05, 4.69) is 16.0 Å². The Morgan fingerprint density at radius 1 is 1.06 bits per heavy atom. The number of carbonyl (C=O) groups is 2. The molecule has 2 atom stereocenters. The molecule has 48 heavy (non-hydrogen) atoms. The Kier molecular flexibility index (Phi) is 10.9. The Labute approximate surface area is 286 Å². The molecular formula is C37H53BN4O6. The van der Waals surface area contributed by atoms with E-state index < -0.39 is 36.1 Å². The fourth-order valence-electron chi connectivity index (χ4n) is 6.49. The third kappa shape index (κ3) is 8.60. The summed E-state index contributed by atoms with van der Waals surface area (Å²) in [6.07, 6.45) is 2.84. The smallest absolute Gasteiger partial charge is 0.444 e. The van der Waals surface area contributed by atoms with E-state index in [1.165, 1.54) is 0 Å². The van der Waals surface area contributed by atoms with Gasteiger partial charge in [-0.2, -0.15) is 0 Å². The Morgan fingerprint density at radius 3 is 2.42 bits per heavy atom. The van der Waals surface area contributed by atoms with Crippen LogP contribution >= 0.6 is 0 Å². The number of amides is 2. The summed E-state index contributed by atoms with van der Waals surface area (Å²) in [5.74, 6) is 1.16. The third-order valence-corrected chi connectivity index (χ3v) is 9.68. The van der Waals surface area contributed by atoms with Crippen LogP contribution < -0.4 is 10.8 Å². The van der Waals surface area contributed by atoms with E-state index in [9.17, 15) is 9.59 Å². The molecule has 0 spiro atoms. The van der Waals surface area contributed by atoms with Crippen LogP contribution in [0, 0.1) is 0 Å². The monoisotopic (exact) mass is 660 g/mol. The molecule has 3 aromatic rings. The summed E-state index contributed by atoms with van der Waals surface area (Å²) in [4.78, 5) is 33.8. The third-order valence-electron chi connectivity index (χ3n) is 9.68. The molecule has 2 saturated heterocycles. The lowest BCUT2D eigenvalue weighted by Gasteiger charge is -2.34. The standard InChI is InChI=1S/C37H53BN4O6/c1-35(2,3)46-34(44)39-29(23-26-16-18-28(19-17-26)38-47-36(4,5)37(6,7)48-38)24-32(43)41-20-11-13-27(25-41)33-40-30-14-9-10-15-31(30)42(33)21-12-22-45-8/h9-10,14-19,27,29H,11-13,20-25H2,1-8H3,(H,39,44). The molecule has 0 radical (unpaired) electrons. The maximum atomic E-state index is 13.9. The van der Waals surface area contributed by atoms with Crippen LogP contribution in [0.15, 0.2) is 48.5 Å². The number of piperidine rings is 1. The lowest BCUT2D eigenvalue weighted by atomic mass is 9.78. The highest BCUT2D eigenvalue weighted by atomic mass is 16.7. The van der Waals surface area contributed by atoms with E-state index in [0.717, 1.165) is 53.7 Å². The number of rotatable bonds is 11. The Morgan fingerprint density at radius 2 is 1.75 bits per heavy atom. The number of hydrogen-bond donors (Lipinski definition) is 1. The van der Waals surface area contributed by atoms with Crippen molar-refractivity contribution in [3.05, 3.63) is 59.9 Å². The van der Waals surface area contributed by atoms with Crippen molar-refractivity contribution >= 4 is 35.6 Å². The van der Waals surface area contributed by atoms with E-state index in [-0.39, 0.29) is 18.2 Å². The molecule has 5 rings (SSSR count). The quantitative estimate of drug-likeness (QED) is 0.211. The minimum absolute atomic E-state index is 0.0108. The van der Waals surface area contributed by atoms with Crippen molar-refractivity contribution in [3.63, 3.8) is 0 Å². The van der Waals surface area contributed by atoms with Crippen LogP contribution in [-0.2, 0) is 36.5 Å². The number of hydrogen-bond acceptors (Lipinski definition) is 7. The van der Waals surface area contributed by atoms with E-state index >= 15 is 0 Å². The van der Waals surface area contributed by atoms with Gasteiger partial charge in [-0.3, -0.25) is 4.79 Å². The summed E-state index contributed by atoms with van der Waals surface area (Å²) in [5, 5.41) is 3.00. The number of carbonyl (C=O) groups excluding carboxylic acids is 2. The number of nitrogens with zero attached hydrogens (tertiary/aromatic N) is 3. The summed E-state index contributed by atoms with van der Waals surface area (Å²) in [6.45, 7) is 16.4. The SMILES string of the molecule is COCCCn1c(C2CCCN(C(=O)CC(Cc3ccc(B4OC(C)(C)C(C)(C)O4)cc3)NC(=O)OC(C)(C)C)C2)nc2ccccc21. The number of imidazole rings is 1. The summed E-state index contributed by atoms with van der Waals surface area (Å²) < 4.78 is 25.7. The van der Waals surface area contributed by atoms with Crippen molar-refractivity contribution in [2.75, 3.05) is 26.8 Å². The zero-order chi connectivity index (χ0) is 34.7. The van der Waals surface area contributed by atoms with Crippen LogP contribution in [0.25, 0.3) is 11.0 Å². The number of ether oxygens (including phenoxy) is 2. The molecule has 11 heteroatoms. The zero-order valence-corrected chi connectivity index (χ0v) is 30.0. The van der Waals surface area contributed by atoms with Gasteiger partial charge in [0, 0.05) is 51.7 Å². The van der Waals surface area contributed by atoms with E-state index in [0.29, 0.717) is 26.1 Å². The van der Waals surface area contributed by atoms with Crippen LogP contribution in [0.1, 0.15) is 91.5 Å². The number of likely N-dealkylation sites (tertiary alicyclic amines) is 1. The van der Waals surface area contributed by atoms with Crippen molar-refractivity contribution < 1.29 is 28.4 Å². The highest BCUT2D eigenvalue weighted by Crippen LogP contribution is 2.36. The summed E-state index contributed by atoms with van der Waals surface area (Å²) in [6, 6.07) is 15.8. The van der Waals surface area contributed by atoms with Crippen molar-refractivity contribution in [3.8, 4) is 0 Å². The molecule has 2 aliphatic rings. The number of alkyl carbamates (subject to hydrolysis) is 1. The highest BCUT2D eigenvalue weighted by molar-refractivity contribution is 6.62. The number of aromatic nitrogens is 2. The molecule has 2 unspecified atom stereocenters. The minimum Gasteiger partial charge on any atom is -0.444 e. The van der Waals surface area contributed by atoms with Crippen LogP contribution in [0.2, 0.25) is 0 Å². The molecule has 260 valence electrons. The molecule has 2 aliphatic heterocycles. The molecule has 0 saturated carbocycles. The number of aryl methyl sites for hydroxylation is 1. The first-order valence-corrected chi connectivity index (χ1v) is 17.3. The van der Waals surface area contributed by atoms with Crippen molar-refractivity contribution in [1.29, 1.82) is 0 Å². The van der Waals surface area contributed by atoms with Gasteiger partial charge in [-0.05, 0) is 97.3 Å². The Balaban J connectivity index is 1.29. The first-order valence-electron chi connectivity index (χ1n) is 17.3. The summed E-state index contributed by atoms with van der Waals surface area (Å²) >= 11 is 0. The zero-order valence-electron chi connectivity index (χ0n) is 30.0. The van der Waals surface area contributed by atoms with Gasteiger partial charge in [0.1, 0.15) is 11.4 Å². The maximum absolute atomic E-state index is 13.9. The fraction of sp³-hybridized carbons (Fsp3) is 0.595. The Hall–Kier alpha value is -3.41. The van der Waals surface area contributed by atoms with Gasteiger partial charge in [-0.1, -0.05) is 36.4 Å². The van der Waals surface area contributed by atoms with E-state index in [1.807, 2.05) is 95.8 Å². The van der Waals surface area contributed by atoms with Crippen LogP contribution in [0.5, 0.6) is 0 Å². The minimum atomic E-state index is -0.655. The highest BCUT2D eigenvalue weighted by Gasteiger charge is 2.51. The molecule has 1 aromatic heterocycles. The van der Waals surface area contributed by atoms with Crippen LogP contribution in [-0.4, -0.2) is 83.2 Å². The molecule has 2 fully saturated rings. The summed E-state index contributed by atoms with van der Waals surface area (Å²) in [5.41, 5.74) is 2.49. The van der Waals surface area contributed by atoms with Gasteiger partial charge >= 0.3 is 13.2 Å². The van der Waals surface area contributed by atoms with Gasteiger partial charge in [0.25, 0.3) is 0 Å². The van der Waals surface area contributed by atoms with Crippen molar-refractivity contribution in [2.45, 2.75) is 116 Å². The van der Waals surface area contributed by atoms with Crippen molar-refractivity contribution in [1.82, 2.24) is 19.8 Å². The second kappa shape index (κ2) is 14.6. The van der Waals surface area contributed by atoms with Gasteiger partial charge in [-0.15, -0.1) is 0 Å². The first kappa shape index (κ1) is 35.9. The number of benzene rings is 2. The fourth-order valence-corrected chi connectivity index (χ4v) is 6.49. The molecular weight excluding hydrogens is 607 g/mol. The lowest BCUT2D eigenvalue weighted by Crippen LogP contribution is -2.46. The van der Waals surface area contributed by atoms with Gasteiger partial charge in [0.2, 0.25) is 5.91 Å². The van der Waals surface area contributed by atoms with Crippen molar-refractivity contribution in [2.24, 2.45) is 0 Å². The molecule has 2 aromatic carbocycles. The first-order chi connectivity index (χ1) is 22.7. The van der Waals surface area contributed by atoms with E-state index in [1.54, 1.807) is 7.11 Å². The van der Waals surface area contributed by atoms with Crippen LogP contribution in [0.3, 0.4) is 0 Å². The summed E-state index contributed by atoms with van der Waals surface area (Å²) in [7, 11) is 1.26. The second-order valence-corrected chi connectivity index (χ2v) is 15.2. The van der Waals surface area contributed by atoms with Gasteiger partial charge in [-0.25, -0.2) is 9.78 Å². The molecule has 10 nitrogen and oxygen atoms in total. The number of fused-ring (bicyclic) bond motifs is 1. The average Bonchev–Trinajstić information content (AvgIpc) is 3.49. The van der Waals surface area contributed by atoms with Gasteiger partial charge in [0.15, 0.2) is 0 Å². The van der Waals surface area contributed by atoms with Gasteiger partial charge < -0.3 is 33.6 Å². The predicted molar refractivity (Wildman–Crippen MR) is 188 cm³/mol. The number of methoxy groups -OCH3 is 1. The Bertz CT molecular complexity index is 1550. The molecule has 2 amide bonds. The lowest BCUT2D eigenvalue weighted by molar-refractivity contribution is -0.133. The number of para-hydroxylation sites is 2. The normalized spacial score (nSPS) is 19.8. The maximum Gasteiger partial charge on any atom is 0.494 e. The van der Waals surface area contributed by atoms with Crippen LogP contribution in [0.4, 0.5) is 4.79 Å². The topological polar surface area (TPSA) is 104 Å². The molecule has 0 aliphatic carbocycles.